The van der Waals surface area contributed by atoms with Crippen LogP contribution >= 0.6 is 0 Å². The van der Waals surface area contributed by atoms with Crippen molar-refractivity contribution in [1.82, 2.24) is 10.3 Å². The third kappa shape index (κ3) is 2.94. The number of rotatable bonds is 3. The molecule has 22 heavy (non-hydrogen) atoms. The Labute approximate surface area is 129 Å². The van der Waals surface area contributed by atoms with E-state index in [0.29, 0.717) is 12.1 Å². The van der Waals surface area contributed by atoms with E-state index >= 15 is 0 Å². The number of fused-ring (bicyclic) bond motifs is 1. The first-order valence-corrected chi connectivity index (χ1v) is 7.35. The van der Waals surface area contributed by atoms with E-state index < -0.39 is 5.60 Å². The molecule has 5 nitrogen and oxygen atoms in total. The minimum atomic E-state index is -0.984. The zero-order valence-electron chi connectivity index (χ0n) is 12.5. The van der Waals surface area contributed by atoms with Crippen LogP contribution in [0.2, 0.25) is 0 Å². The number of benzene rings is 1. The molecule has 1 heterocycles. The fourth-order valence-electron chi connectivity index (χ4n) is 2.88. The number of urea groups is 1. The Morgan fingerprint density at radius 2 is 2.18 bits per heavy atom. The second-order valence-corrected chi connectivity index (χ2v) is 5.68. The van der Waals surface area contributed by atoms with Crippen LogP contribution in [0.4, 0.5) is 10.5 Å². The van der Waals surface area contributed by atoms with Crippen molar-refractivity contribution in [2.45, 2.75) is 25.4 Å². The number of anilines is 1. The van der Waals surface area contributed by atoms with Crippen LogP contribution in [0.3, 0.4) is 0 Å². The third-order valence-electron chi connectivity index (χ3n) is 4.02. The second-order valence-electron chi connectivity index (χ2n) is 5.68. The molecule has 0 spiro atoms. The monoisotopic (exact) mass is 297 g/mol. The maximum atomic E-state index is 12.0. The molecule has 1 aromatic heterocycles. The Morgan fingerprint density at radius 1 is 1.36 bits per heavy atom. The van der Waals surface area contributed by atoms with E-state index in [2.05, 4.69) is 15.6 Å². The summed E-state index contributed by atoms with van der Waals surface area (Å²) in [6.07, 6.45) is 3.10. The average molecular weight is 297 g/mol. The summed E-state index contributed by atoms with van der Waals surface area (Å²) in [7, 11) is 0. The summed E-state index contributed by atoms with van der Waals surface area (Å²) in [6, 6.07) is 11.0. The number of hydrogen-bond donors (Lipinski definition) is 3. The molecule has 0 radical (unpaired) electrons. The number of nitrogens with one attached hydrogen (secondary N) is 2. The van der Waals surface area contributed by atoms with Gasteiger partial charge in [0.2, 0.25) is 0 Å². The summed E-state index contributed by atoms with van der Waals surface area (Å²) >= 11 is 0. The van der Waals surface area contributed by atoms with Gasteiger partial charge in [-0.05, 0) is 43.0 Å². The molecule has 0 saturated carbocycles. The van der Waals surface area contributed by atoms with E-state index in [9.17, 15) is 9.90 Å². The fraction of sp³-hybridized carbons (Fsp3) is 0.294. The maximum Gasteiger partial charge on any atom is 0.319 e. The van der Waals surface area contributed by atoms with Crippen LogP contribution in [-0.2, 0) is 12.0 Å². The lowest BCUT2D eigenvalue weighted by Gasteiger charge is -2.24. The van der Waals surface area contributed by atoms with Crippen molar-refractivity contribution < 1.29 is 9.90 Å². The first kappa shape index (κ1) is 14.5. The SMILES string of the molecule is Cc1cc(NC(=O)NCC2(O)CCc3ccccc32)ccn1. The summed E-state index contributed by atoms with van der Waals surface area (Å²) < 4.78 is 0. The molecule has 2 aromatic rings. The predicted molar refractivity (Wildman–Crippen MR) is 84.7 cm³/mol. The van der Waals surface area contributed by atoms with Gasteiger partial charge in [0.15, 0.2) is 0 Å². The normalized spacial score (nSPS) is 19.5. The van der Waals surface area contributed by atoms with Crippen LogP contribution < -0.4 is 10.6 Å². The van der Waals surface area contributed by atoms with E-state index in [-0.39, 0.29) is 12.6 Å². The van der Waals surface area contributed by atoms with Gasteiger partial charge in [-0.1, -0.05) is 24.3 Å². The van der Waals surface area contributed by atoms with Crippen LogP contribution in [0.25, 0.3) is 0 Å². The summed E-state index contributed by atoms with van der Waals surface area (Å²) in [5.74, 6) is 0. The quantitative estimate of drug-likeness (QED) is 0.814. The third-order valence-corrected chi connectivity index (χ3v) is 4.02. The number of carbonyl (C=O) groups excluding carboxylic acids is 1. The summed E-state index contributed by atoms with van der Waals surface area (Å²) in [4.78, 5) is 16.1. The lowest BCUT2D eigenvalue weighted by molar-refractivity contribution is 0.0417. The molecule has 1 aromatic carbocycles. The van der Waals surface area contributed by atoms with Crippen molar-refractivity contribution in [3.05, 3.63) is 59.4 Å². The van der Waals surface area contributed by atoms with E-state index in [0.717, 1.165) is 23.2 Å². The maximum absolute atomic E-state index is 12.0. The molecule has 1 unspecified atom stereocenters. The highest BCUT2D eigenvalue weighted by atomic mass is 16.3. The van der Waals surface area contributed by atoms with E-state index in [1.54, 1.807) is 18.3 Å². The number of nitrogens with zero attached hydrogens (tertiary/aromatic N) is 1. The predicted octanol–water partition coefficient (Wildman–Crippen LogP) is 2.35. The van der Waals surface area contributed by atoms with Gasteiger partial charge in [0, 0.05) is 17.6 Å². The lowest BCUT2D eigenvalue weighted by Crippen LogP contribution is -2.41. The zero-order valence-corrected chi connectivity index (χ0v) is 12.5. The van der Waals surface area contributed by atoms with Gasteiger partial charge < -0.3 is 15.7 Å². The molecule has 0 bridgehead atoms. The molecule has 1 aliphatic rings. The van der Waals surface area contributed by atoms with Crippen molar-refractivity contribution in [1.29, 1.82) is 0 Å². The van der Waals surface area contributed by atoms with Gasteiger partial charge in [-0.3, -0.25) is 4.98 Å². The molecule has 2 amide bonds. The molecule has 0 fully saturated rings. The van der Waals surface area contributed by atoms with Gasteiger partial charge in [-0.25, -0.2) is 4.79 Å². The lowest BCUT2D eigenvalue weighted by atomic mass is 9.96. The Morgan fingerprint density at radius 3 is 3.00 bits per heavy atom. The number of aryl methyl sites for hydroxylation is 2. The molecule has 114 valence electrons. The Kier molecular flexibility index (Phi) is 3.81. The highest BCUT2D eigenvalue weighted by Gasteiger charge is 2.36. The largest absolute Gasteiger partial charge is 0.383 e. The molecule has 3 rings (SSSR count). The van der Waals surface area contributed by atoms with Crippen LogP contribution in [0, 0.1) is 6.92 Å². The van der Waals surface area contributed by atoms with E-state index in [1.807, 2.05) is 31.2 Å². The Bertz CT molecular complexity index is 702. The van der Waals surface area contributed by atoms with Crippen molar-refractivity contribution in [2.24, 2.45) is 0 Å². The molecule has 5 heteroatoms. The minimum Gasteiger partial charge on any atom is -0.383 e. The zero-order chi connectivity index (χ0) is 15.6. The van der Waals surface area contributed by atoms with Gasteiger partial charge in [-0.15, -0.1) is 0 Å². The van der Waals surface area contributed by atoms with E-state index in [1.165, 1.54) is 0 Å². The Hall–Kier alpha value is -2.40. The van der Waals surface area contributed by atoms with Crippen LogP contribution in [-0.4, -0.2) is 22.7 Å². The van der Waals surface area contributed by atoms with Gasteiger partial charge in [0.25, 0.3) is 0 Å². The van der Waals surface area contributed by atoms with Crippen molar-refractivity contribution in [3.63, 3.8) is 0 Å². The molecular formula is C17H19N3O2. The smallest absolute Gasteiger partial charge is 0.319 e. The van der Waals surface area contributed by atoms with Gasteiger partial charge in [0.05, 0.1) is 6.54 Å². The van der Waals surface area contributed by atoms with Crippen LogP contribution in [0.1, 0.15) is 23.2 Å². The number of pyridine rings is 1. The fourth-order valence-corrected chi connectivity index (χ4v) is 2.88. The first-order valence-electron chi connectivity index (χ1n) is 7.35. The second kappa shape index (κ2) is 5.77. The van der Waals surface area contributed by atoms with Gasteiger partial charge in [0.1, 0.15) is 5.60 Å². The molecule has 0 aliphatic heterocycles. The highest BCUT2D eigenvalue weighted by molar-refractivity contribution is 5.89. The Balaban J connectivity index is 1.62. The highest BCUT2D eigenvalue weighted by Crippen LogP contribution is 2.36. The first-order chi connectivity index (χ1) is 10.6. The number of hydrogen-bond acceptors (Lipinski definition) is 3. The standard InChI is InChI=1S/C17H19N3O2/c1-12-10-14(7-9-18-12)20-16(21)19-11-17(22)8-6-13-4-2-3-5-15(13)17/h2-5,7,9-10,22H,6,8,11H2,1H3,(H2,18,19,20,21). The topological polar surface area (TPSA) is 74.2 Å². The molecule has 3 N–H and O–H groups in total. The minimum absolute atomic E-state index is 0.194. The number of carbonyl (C=O) groups is 1. The molecule has 0 saturated heterocycles. The number of aromatic nitrogens is 1. The summed E-state index contributed by atoms with van der Waals surface area (Å²) in [5, 5.41) is 16.3. The molecule has 1 aliphatic carbocycles. The van der Waals surface area contributed by atoms with E-state index in [4.69, 9.17) is 0 Å². The summed E-state index contributed by atoms with van der Waals surface area (Å²) in [6.45, 7) is 2.06. The molecular weight excluding hydrogens is 278 g/mol. The number of amides is 2. The van der Waals surface area contributed by atoms with Gasteiger partial charge in [-0.2, -0.15) is 0 Å². The average Bonchev–Trinajstić information content (AvgIpc) is 2.84. The van der Waals surface area contributed by atoms with Crippen molar-refractivity contribution >= 4 is 11.7 Å². The summed E-state index contributed by atoms with van der Waals surface area (Å²) in [5.41, 5.74) is 2.60. The van der Waals surface area contributed by atoms with Crippen LogP contribution in [0.15, 0.2) is 42.6 Å². The van der Waals surface area contributed by atoms with Crippen molar-refractivity contribution in [3.8, 4) is 0 Å². The van der Waals surface area contributed by atoms with Crippen molar-refractivity contribution in [2.75, 3.05) is 11.9 Å². The molecule has 1 atom stereocenters. The number of aliphatic hydroxyl groups is 1. The van der Waals surface area contributed by atoms with Crippen LogP contribution in [0.5, 0.6) is 0 Å². The van der Waals surface area contributed by atoms with Gasteiger partial charge >= 0.3 is 6.03 Å².